The van der Waals surface area contributed by atoms with Gasteiger partial charge in [0.05, 0.1) is 19.3 Å². The molecule has 0 aromatic heterocycles. The maximum Gasteiger partial charge on any atom is 0.168 e. The largest absolute Gasteiger partial charge is 0.396 e. The zero-order valence-corrected chi connectivity index (χ0v) is 9.79. The quantitative estimate of drug-likeness (QED) is 0.765. The van der Waals surface area contributed by atoms with Crippen molar-refractivity contribution >= 4 is 0 Å². The van der Waals surface area contributed by atoms with Crippen LogP contribution in [0.2, 0.25) is 0 Å². The van der Waals surface area contributed by atoms with Crippen molar-refractivity contribution in [1.82, 2.24) is 0 Å². The second kappa shape index (κ2) is 4.04. The molecule has 88 valence electrons. The Bertz CT molecular complexity index is 219. The SMILES string of the molecule is CC(C)(CO)[C@@H]1CCOC2(CCCC2)O1. The number of hydrogen-bond acceptors (Lipinski definition) is 3. The summed E-state index contributed by atoms with van der Waals surface area (Å²) < 4.78 is 11.9. The summed E-state index contributed by atoms with van der Waals surface area (Å²) in [5.74, 6) is -0.310. The van der Waals surface area contributed by atoms with E-state index in [2.05, 4.69) is 13.8 Å². The Kier molecular flexibility index (Phi) is 3.06. The third-order valence-corrected chi connectivity index (χ3v) is 3.75. The van der Waals surface area contributed by atoms with Crippen LogP contribution in [-0.2, 0) is 9.47 Å². The van der Waals surface area contributed by atoms with E-state index in [-0.39, 0.29) is 23.9 Å². The van der Waals surface area contributed by atoms with E-state index in [1.807, 2.05) is 0 Å². The van der Waals surface area contributed by atoms with Crippen LogP contribution in [0, 0.1) is 5.41 Å². The summed E-state index contributed by atoms with van der Waals surface area (Å²) in [7, 11) is 0. The standard InChI is InChI=1S/C12H22O3/c1-11(2,9-13)10-5-8-14-12(15-10)6-3-4-7-12/h10,13H,3-9H2,1-2H3/t10-/m0/s1. The van der Waals surface area contributed by atoms with Gasteiger partial charge in [-0.25, -0.2) is 0 Å². The predicted octanol–water partition coefficient (Wildman–Crippen LogP) is 2.08. The summed E-state index contributed by atoms with van der Waals surface area (Å²) >= 11 is 0. The van der Waals surface area contributed by atoms with Gasteiger partial charge in [0.1, 0.15) is 0 Å². The highest BCUT2D eigenvalue weighted by Gasteiger charge is 2.45. The maximum atomic E-state index is 9.36. The van der Waals surface area contributed by atoms with Gasteiger partial charge in [0.2, 0.25) is 0 Å². The molecule has 0 amide bonds. The molecular weight excluding hydrogens is 192 g/mol. The number of hydrogen-bond donors (Lipinski definition) is 1. The fourth-order valence-corrected chi connectivity index (χ4v) is 2.53. The molecular formula is C12H22O3. The molecule has 3 nitrogen and oxygen atoms in total. The predicted molar refractivity (Wildman–Crippen MR) is 57.5 cm³/mol. The third kappa shape index (κ3) is 2.19. The first-order valence-electron chi connectivity index (χ1n) is 6.01. The molecule has 15 heavy (non-hydrogen) atoms. The van der Waals surface area contributed by atoms with Gasteiger partial charge >= 0.3 is 0 Å². The molecule has 3 heteroatoms. The van der Waals surface area contributed by atoms with E-state index in [0.29, 0.717) is 0 Å². The lowest BCUT2D eigenvalue weighted by Gasteiger charge is -2.44. The molecule has 2 rings (SSSR count). The molecule has 0 bridgehead atoms. The number of ether oxygens (including phenoxy) is 2. The average Bonchev–Trinajstić information content (AvgIpc) is 2.66. The first-order valence-corrected chi connectivity index (χ1v) is 6.01. The zero-order chi connectivity index (χ0) is 10.9. The molecule has 1 aliphatic heterocycles. The average molecular weight is 214 g/mol. The minimum Gasteiger partial charge on any atom is -0.396 e. The van der Waals surface area contributed by atoms with Crippen molar-refractivity contribution in [2.75, 3.05) is 13.2 Å². The van der Waals surface area contributed by atoms with Gasteiger partial charge in [0.15, 0.2) is 5.79 Å². The van der Waals surface area contributed by atoms with Crippen LogP contribution in [0.25, 0.3) is 0 Å². The summed E-state index contributed by atoms with van der Waals surface area (Å²) in [6.45, 7) is 5.07. The van der Waals surface area contributed by atoms with Crippen molar-refractivity contribution in [3.8, 4) is 0 Å². The number of aliphatic hydroxyl groups excluding tert-OH is 1. The molecule has 2 aliphatic rings. The molecule has 1 aliphatic carbocycles. The van der Waals surface area contributed by atoms with Gasteiger partial charge < -0.3 is 14.6 Å². The van der Waals surface area contributed by atoms with Crippen LogP contribution in [0.15, 0.2) is 0 Å². The van der Waals surface area contributed by atoms with Gasteiger partial charge in [-0.3, -0.25) is 0 Å². The molecule has 1 atom stereocenters. The Morgan fingerprint density at radius 2 is 2.00 bits per heavy atom. The summed E-state index contributed by atoms with van der Waals surface area (Å²) in [4.78, 5) is 0. The van der Waals surface area contributed by atoms with Crippen molar-refractivity contribution in [3.05, 3.63) is 0 Å². The Labute approximate surface area is 91.8 Å². The van der Waals surface area contributed by atoms with Gasteiger partial charge in [0.25, 0.3) is 0 Å². The van der Waals surface area contributed by atoms with E-state index >= 15 is 0 Å². The topological polar surface area (TPSA) is 38.7 Å². The van der Waals surface area contributed by atoms with Crippen molar-refractivity contribution < 1.29 is 14.6 Å². The summed E-state index contributed by atoms with van der Waals surface area (Å²) in [6.07, 6.45) is 5.47. The second-order valence-electron chi connectivity index (χ2n) is 5.51. The fraction of sp³-hybridized carbons (Fsp3) is 1.00. The molecule has 2 fully saturated rings. The lowest BCUT2D eigenvalue weighted by atomic mass is 9.85. The minimum atomic E-state index is -0.310. The van der Waals surface area contributed by atoms with Crippen LogP contribution < -0.4 is 0 Å². The van der Waals surface area contributed by atoms with Crippen molar-refractivity contribution in [1.29, 1.82) is 0 Å². The fourth-order valence-electron chi connectivity index (χ4n) is 2.53. The summed E-state index contributed by atoms with van der Waals surface area (Å²) in [5, 5.41) is 9.36. The van der Waals surface area contributed by atoms with Crippen molar-refractivity contribution in [2.24, 2.45) is 5.41 Å². The minimum absolute atomic E-state index is 0.134. The molecule has 0 aromatic carbocycles. The monoisotopic (exact) mass is 214 g/mol. The summed E-state index contributed by atoms with van der Waals surface area (Å²) in [6, 6.07) is 0. The van der Waals surface area contributed by atoms with Gasteiger partial charge in [0, 0.05) is 18.3 Å². The highest BCUT2D eigenvalue weighted by atomic mass is 16.7. The van der Waals surface area contributed by atoms with Crippen molar-refractivity contribution in [3.63, 3.8) is 0 Å². The van der Waals surface area contributed by atoms with E-state index < -0.39 is 0 Å². The first kappa shape index (κ1) is 11.4. The molecule has 0 unspecified atom stereocenters. The molecule has 0 aromatic rings. The molecule has 1 spiro atoms. The van der Waals surface area contributed by atoms with Gasteiger partial charge in [-0.1, -0.05) is 13.8 Å². The Balaban J connectivity index is 2.03. The Morgan fingerprint density at radius 3 is 2.60 bits per heavy atom. The van der Waals surface area contributed by atoms with E-state index in [1.165, 1.54) is 12.8 Å². The second-order valence-corrected chi connectivity index (χ2v) is 5.51. The van der Waals surface area contributed by atoms with Crippen LogP contribution in [0.3, 0.4) is 0 Å². The van der Waals surface area contributed by atoms with E-state index in [1.54, 1.807) is 0 Å². The lowest BCUT2D eigenvalue weighted by Crippen LogP contribution is -2.49. The lowest BCUT2D eigenvalue weighted by molar-refractivity contribution is -0.308. The molecule has 1 saturated carbocycles. The zero-order valence-electron chi connectivity index (χ0n) is 9.79. The van der Waals surface area contributed by atoms with Crippen LogP contribution in [0.1, 0.15) is 46.0 Å². The molecule has 1 N–H and O–H groups in total. The van der Waals surface area contributed by atoms with E-state index in [0.717, 1.165) is 25.9 Å². The normalized spacial score (nSPS) is 31.0. The van der Waals surface area contributed by atoms with Gasteiger partial charge in [-0.05, 0) is 19.3 Å². The Hall–Kier alpha value is -0.120. The highest BCUT2D eigenvalue weighted by Crippen LogP contribution is 2.42. The molecule has 0 radical (unpaired) electrons. The Morgan fingerprint density at radius 1 is 1.33 bits per heavy atom. The van der Waals surface area contributed by atoms with Gasteiger partial charge in [-0.2, -0.15) is 0 Å². The maximum absolute atomic E-state index is 9.36. The molecule has 1 heterocycles. The van der Waals surface area contributed by atoms with E-state index in [9.17, 15) is 5.11 Å². The molecule has 1 saturated heterocycles. The number of rotatable bonds is 2. The van der Waals surface area contributed by atoms with Crippen LogP contribution in [0.5, 0.6) is 0 Å². The first-order chi connectivity index (χ1) is 7.08. The van der Waals surface area contributed by atoms with Crippen LogP contribution in [-0.4, -0.2) is 30.2 Å². The third-order valence-electron chi connectivity index (χ3n) is 3.75. The van der Waals surface area contributed by atoms with Crippen LogP contribution in [0.4, 0.5) is 0 Å². The van der Waals surface area contributed by atoms with Crippen molar-refractivity contribution in [2.45, 2.75) is 57.8 Å². The summed E-state index contributed by atoms with van der Waals surface area (Å²) in [5.41, 5.74) is -0.153. The number of aliphatic hydroxyl groups is 1. The smallest absolute Gasteiger partial charge is 0.168 e. The van der Waals surface area contributed by atoms with Crippen LogP contribution >= 0.6 is 0 Å². The highest BCUT2D eigenvalue weighted by molar-refractivity contribution is 4.87. The van der Waals surface area contributed by atoms with Gasteiger partial charge in [-0.15, -0.1) is 0 Å². The van der Waals surface area contributed by atoms with E-state index in [4.69, 9.17) is 9.47 Å².